The van der Waals surface area contributed by atoms with Crippen molar-refractivity contribution < 1.29 is 0 Å². The Morgan fingerprint density at radius 2 is 0.644 bits per heavy atom. The molecule has 0 radical (unpaired) electrons. The van der Waals surface area contributed by atoms with E-state index >= 15 is 0 Å². The third-order valence-corrected chi connectivity index (χ3v) is 23.0. The third kappa shape index (κ3) is 10.4. The summed E-state index contributed by atoms with van der Waals surface area (Å²) in [6.45, 7) is 35.1. The zero-order chi connectivity index (χ0) is 71.8. The Morgan fingerprint density at radius 1 is 0.250 bits per heavy atom. The van der Waals surface area contributed by atoms with Crippen LogP contribution in [-0.2, 0) is 27.1 Å². The molecule has 0 bridgehead atoms. The number of hydrogen-bond acceptors (Lipinski definition) is 2. The van der Waals surface area contributed by atoms with Gasteiger partial charge in [-0.2, -0.15) is 0 Å². The first-order valence-corrected chi connectivity index (χ1v) is 37.5. The molecule has 0 fully saturated rings. The molecule has 0 saturated carbocycles. The van der Waals surface area contributed by atoms with Gasteiger partial charge >= 0.3 is 0 Å². The van der Waals surface area contributed by atoms with E-state index in [2.05, 4.69) is 391 Å². The molecule has 3 nitrogen and oxygen atoms in total. The van der Waals surface area contributed by atoms with Crippen molar-refractivity contribution in [3.05, 3.63) is 301 Å². The van der Waals surface area contributed by atoms with Crippen LogP contribution in [0, 0.1) is 0 Å². The van der Waals surface area contributed by atoms with Crippen molar-refractivity contribution >= 4 is 111 Å². The molecule has 104 heavy (non-hydrogen) atoms. The highest BCUT2D eigenvalue weighted by molar-refractivity contribution is 7.00. The standard InChI is InChI=1S/C100H90BN3/c1-96(2,3)69-35-19-31-65(53-69)75-39-25-40-76(66-32-20-36-70(54-66)97(4,5)6)94(75)103-83-50-47-64(61-27-17-16-18-28-61)57-82(83)101-81-49-48-74(102-84-51-45-62-29-23-43-79-80-44-24-30-63-46-52-85(102)92(90(63)80)91(84)89(62)79)60-86(81)104(88-59-73(100(13,14)15)58-87(103)93(88)101)95-77(67-33-21-37-71(55-67)98(7,8)9)41-26-42-78(95)68-34-22-38-72(56-68)99(10,11)12/h16-60H,1-15H3. The Hall–Kier alpha value is -10.9. The summed E-state index contributed by atoms with van der Waals surface area (Å²) in [5, 5.41) is 10.4. The summed E-state index contributed by atoms with van der Waals surface area (Å²) in [6.07, 6.45) is 0. The number of aromatic nitrogens is 1. The van der Waals surface area contributed by atoms with Gasteiger partial charge in [-0.15, -0.1) is 0 Å². The highest BCUT2D eigenvalue weighted by atomic mass is 15.2. The van der Waals surface area contributed by atoms with Gasteiger partial charge in [-0.1, -0.05) is 334 Å². The first kappa shape index (κ1) is 65.1. The molecule has 2 aliphatic rings. The molecule has 0 N–H and O–H groups in total. The Morgan fingerprint density at radius 3 is 1.07 bits per heavy atom. The van der Waals surface area contributed by atoms with E-state index in [1.165, 1.54) is 171 Å². The van der Waals surface area contributed by atoms with Crippen molar-refractivity contribution in [2.75, 3.05) is 9.80 Å². The molecule has 0 aliphatic carbocycles. The lowest BCUT2D eigenvalue weighted by Crippen LogP contribution is -2.61. The van der Waals surface area contributed by atoms with Crippen LogP contribution in [0.25, 0.3) is 115 Å². The van der Waals surface area contributed by atoms with Crippen LogP contribution in [0.1, 0.15) is 132 Å². The number of anilines is 6. The smallest absolute Gasteiger partial charge is 0.252 e. The highest BCUT2D eigenvalue weighted by Crippen LogP contribution is 2.56. The SMILES string of the molecule is CC(C)(C)c1cccc(-c2cccc(-c3cccc(C(C)(C)C)c3)c2N2c3ccc(-c4ccccc4)cc3B3c4ccc(-n5c6ccc7cccc8c9cccc%10ccc5c(c%109)c6c78)cc4N(c4c(-c5cccc(C(C)(C)C)c5)cccc4-c4cccc(C(C)(C)C)c4)c4cc(C(C)(C)C)cc2c43)c1. The van der Waals surface area contributed by atoms with Gasteiger partial charge in [-0.05, 0) is 179 Å². The van der Waals surface area contributed by atoms with Crippen molar-refractivity contribution in [2.24, 2.45) is 0 Å². The molecule has 18 rings (SSSR count). The van der Waals surface area contributed by atoms with E-state index in [9.17, 15) is 0 Å². The van der Waals surface area contributed by atoms with E-state index in [0.29, 0.717) is 0 Å². The summed E-state index contributed by atoms with van der Waals surface area (Å²) in [5.74, 6) is 0. The Balaban J connectivity index is 1.02. The molecule has 0 spiro atoms. The van der Waals surface area contributed by atoms with Crippen LogP contribution in [-0.4, -0.2) is 11.3 Å². The molecular formula is C100H90BN3. The fourth-order valence-electron chi connectivity index (χ4n) is 17.4. The second kappa shape index (κ2) is 23.3. The van der Waals surface area contributed by atoms with E-state index in [0.717, 1.165) is 22.7 Å². The van der Waals surface area contributed by atoms with Gasteiger partial charge in [0, 0.05) is 61.5 Å². The number of nitrogens with zero attached hydrogens (tertiary/aromatic N) is 3. The lowest BCUT2D eigenvalue weighted by molar-refractivity contribution is 0.590. The maximum atomic E-state index is 2.77. The van der Waals surface area contributed by atoms with Crippen molar-refractivity contribution in [1.82, 2.24) is 4.57 Å². The van der Waals surface area contributed by atoms with Crippen LogP contribution in [0.4, 0.5) is 34.1 Å². The second-order valence-corrected chi connectivity index (χ2v) is 35.0. The zero-order valence-electron chi connectivity index (χ0n) is 62.9. The quantitative estimate of drug-likeness (QED) is 0.0853. The maximum Gasteiger partial charge on any atom is 0.252 e. The number of hydrogen-bond donors (Lipinski definition) is 0. The van der Waals surface area contributed by atoms with Crippen molar-refractivity contribution in [3.8, 4) is 61.3 Å². The zero-order valence-corrected chi connectivity index (χ0v) is 62.9. The van der Waals surface area contributed by atoms with E-state index in [1.54, 1.807) is 0 Å². The molecule has 15 aromatic carbocycles. The first-order chi connectivity index (χ1) is 49.8. The van der Waals surface area contributed by atoms with E-state index in [-0.39, 0.29) is 33.8 Å². The topological polar surface area (TPSA) is 11.4 Å². The van der Waals surface area contributed by atoms with Crippen LogP contribution in [0.3, 0.4) is 0 Å². The van der Waals surface area contributed by atoms with E-state index in [4.69, 9.17) is 0 Å². The molecule has 0 atom stereocenters. The minimum atomic E-state index is -0.314. The number of benzene rings is 15. The van der Waals surface area contributed by atoms with Crippen molar-refractivity contribution in [2.45, 2.75) is 131 Å². The molecule has 0 saturated heterocycles. The van der Waals surface area contributed by atoms with Gasteiger partial charge in [0.1, 0.15) is 0 Å². The van der Waals surface area contributed by atoms with Crippen LogP contribution >= 0.6 is 0 Å². The summed E-state index contributed by atoms with van der Waals surface area (Å²) in [6, 6.07) is 106. The fraction of sp³-hybridized carbons (Fsp3) is 0.200. The Labute approximate surface area is 614 Å². The molecule has 3 heterocycles. The largest absolute Gasteiger partial charge is 0.310 e. The van der Waals surface area contributed by atoms with Gasteiger partial charge in [-0.3, -0.25) is 0 Å². The highest BCUT2D eigenvalue weighted by Gasteiger charge is 2.46. The lowest BCUT2D eigenvalue weighted by atomic mass is 9.33. The molecule has 0 unspecified atom stereocenters. The normalized spacial score (nSPS) is 13.5. The molecular weight excluding hydrogens is 1250 g/mol. The van der Waals surface area contributed by atoms with Gasteiger partial charge < -0.3 is 14.4 Å². The first-order valence-electron chi connectivity index (χ1n) is 37.5. The number of para-hydroxylation sites is 2. The molecule has 1 aromatic heterocycles. The summed E-state index contributed by atoms with van der Waals surface area (Å²) < 4.78 is 2.60. The van der Waals surface area contributed by atoms with Crippen LogP contribution in [0.15, 0.2) is 273 Å². The molecule has 4 heteroatoms. The van der Waals surface area contributed by atoms with Crippen molar-refractivity contribution in [3.63, 3.8) is 0 Å². The molecule has 16 aromatic rings. The predicted octanol–water partition coefficient (Wildman–Crippen LogP) is 26.0. The summed E-state index contributed by atoms with van der Waals surface area (Å²) in [5.41, 5.74) is 31.8. The van der Waals surface area contributed by atoms with Gasteiger partial charge in [0.15, 0.2) is 0 Å². The molecule has 0 amide bonds. The van der Waals surface area contributed by atoms with Gasteiger partial charge in [-0.25, -0.2) is 0 Å². The van der Waals surface area contributed by atoms with Gasteiger partial charge in [0.05, 0.1) is 22.4 Å². The Kier molecular flexibility index (Phi) is 14.6. The average molecular weight is 1340 g/mol. The summed E-state index contributed by atoms with van der Waals surface area (Å²) in [4.78, 5) is 5.50. The van der Waals surface area contributed by atoms with Crippen molar-refractivity contribution in [1.29, 1.82) is 0 Å². The average Bonchev–Trinajstić information content (AvgIpc) is 1.13. The minimum Gasteiger partial charge on any atom is -0.310 e. The number of fused-ring (bicyclic) bond motifs is 5. The lowest BCUT2D eigenvalue weighted by Gasteiger charge is -2.46. The molecule has 508 valence electrons. The third-order valence-electron chi connectivity index (χ3n) is 23.0. The molecule has 2 aliphatic heterocycles. The van der Waals surface area contributed by atoms with Gasteiger partial charge in [0.25, 0.3) is 6.71 Å². The minimum absolute atomic E-state index is 0.0894. The summed E-state index contributed by atoms with van der Waals surface area (Å²) >= 11 is 0. The second-order valence-electron chi connectivity index (χ2n) is 35.0. The van der Waals surface area contributed by atoms with Crippen LogP contribution in [0.2, 0.25) is 0 Å². The Bertz CT molecular complexity index is 5890. The monoisotopic (exact) mass is 1340 g/mol. The summed E-state index contributed by atoms with van der Waals surface area (Å²) in [7, 11) is 0. The van der Waals surface area contributed by atoms with E-state index < -0.39 is 0 Å². The van der Waals surface area contributed by atoms with E-state index in [1.807, 2.05) is 0 Å². The maximum absolute atomic E-state index is 2.77. The fourth-order valence-corrected chi connectivity index (χ4v) is 17.4. The number of rotatable bonds is 8. The predicted molar refractivity (Wildman–Crippen MR) is 450 cm³/mol. The van der Waals surface area contributed by atoms with Crippen LogP contribution < -0.4 is 26.2 Å². The van der Waals surface area contributed by atoms with Crippen LogP contribution in [0.5, 0.6) is 0 Å². The van der Waals surface area contributed by atoms with Gasteiger partial charge in [0.2, 0.25) is 0 Å².